The van der Waals surface area contributed by atoms with Crippen molar-refractivity contribution >= 4 is 17.6 Å². The van der Waals surface area contributed by atoms with Crippen molar-refractivity contribution in [3.63, 3.8) is 0 Å². The minimum absolute atomic E-state index is 0.0585. The second-order valence-electron chi connectivity index (χ2n) is 8.52. The Balaban J connectivity index is 2.00. The summed E-state index contributed by atoms with van der Waals surface area (Å²) in [6, 6.07) is 3.05. The molecule has 1 aromatic rings. The average molecular weight is 420 g/mol. The van der Waals surface area contributed by atoms with Crippen LogP contribution in [0.3, 0.4) is 0 Å². The molecular formula is C22H37N5O3. The average Bonchev–Trinajstić information content (AvgIpc) is 2.74. The van der Waals surface area contributed by atoms with E-state index in [0.29, 0.717) is 12.4 Å². The van der Waals surface area contributed by atoms with E-state index in [1.54, 1.807) is 12.3 Å². The number of carbonyl (C=O) groups is 2. The number of hydrogen-bond donors (Lipinski definition) is 4. The molecule has 1 aliphatic rings. The van der Waals surface area contributed by atoms with Gasteiger partial charge in [-0.25, -0.2) is 4.98 Å². The van der Waals surface area contributed by atoms with Crippen molar-refractivity contribution in [2.45, 2.75) is 64.6 Å². The van der Waals surface area contributed by atoms with Crippen molar-refractivity contribution in [2.24, 2.45) is 11.8 Å². The second-order valence-corrected chi connectivity index (χ2v) is 8.52. The van der Waals surface area contributed by atoms with E-state index in [-0.39, 0.29) is 42.8 Å². The first-order valence-electron chi connectivity index (χ1n) is 10.9. The lowest BCUT2D eigenvalue weighted by Crippen LogP contribution is -2.52. The molecule has 168 valence electrons. The number of nitrogens with zero attached hydrogens (tertiary/aromatic N) is 2. The number of pyridine rings is 1. The van der Waals surface area contributed by atoms with Crippen LogP contribution in [0.15, 0.2) is 18.3 Å². The first-order chi connectivity index (χ1) is 14.3. The smallest absolute Gasteiger partial charge is 0.239 e. The van der Waals surface area contributed by atoms with Gasteiger partial charge in [0.1, 0.15) is 11.9 Å². The van der Waals surface area contributed by atoms with Gasteiger partial charge in [0.05, 0.1) is 12.5 Å². The van der Waals surface area contributed by atoms with Crippen molar-refractivity contribution in [3.05, 3.63) is 23.9 Å². The van der Waals surface area contributed by atoms with Gasteiger partial charge in [-0.15, -0.1) is 0 Å². The highest BCUT2D eigenvalue weighted by Gasteiger charge is 2.31. The predicted molar refractivity (Wildman–Crippen MR) is 117 cm³/mol. The molecule has 1 fully saturated rings. The number of carbonyl (C=O) groups excluding carboxylic acids is 2. The van der Waals surface area contributed by atoms with Crippen LogP contribution in [-0.4, -0.2) is 59.1 Å². The van der Waals surface area contributed by atoms with Crippen LogP contribution in [0, 0.1) is 11.8 Å². The van der Waals surface area contributed by atoms with E-state index in [1.165, 1.54) is 6.42 Å². The van der Waals surface area contributed by atoms with E-state index in [4.69, 9.17) is 5.73 Å². The lowest BCUT2D eigenvalue weighted by molar-refractivity contribution is -0.130. The Kier molecular flexibility index (Phi) is 9.52. The third-order valence-corrected chi connectivity index (χ3v) is 6.15. The molecule has 0 unspecified atom stereocenters. The number of aliphatic hydroxyl groups is 1. The van der Waals surface area contributed by atoms with E-state index < -0.39 is 6.04 Å². The summed E-state index contributed by atoms with van der Waals surface area (Å²) < 4.78 is 0. The molecule has 2 rings (SSSR count). The number of nitrogens with one attached hydrogen (secondary N) is 2. The summed E-state index contributed by atoms with van der Waals surface area (Å²) in [7, 11) is 1.82. The fourth-order valence-electron chi connectivity index (χ4n) is 3.96. The van der Waals surface area contributed by atoms with Crippen LogP contribution in [0.4, 0.5) is 5.82 Å². The highest BCUT2D eigenvalue weighted by molar-refractivity contribution is 5.83. The van der Waals surface area contributed by atoms with E-state index in [9.17, 15) is 14.7 Å². The predicted octanol–water partition coefficient (Wildman–Crippen LogP) is 1.29. The third-order valence-electron chi connectivity index (χ3n) is 6.15. The Morgan fingerprint density at radius 1 is 1.20 bits per heavy atom. The number of nitrogens with two attached hydrogens (primary N) is 1. The monoisotopic (exact) mass is 419 g/mol. The molecule has 1 heterocycles. The van der Waals surface area contributed by atoms with Crippen LogP contribution >= 0.6 is 0 Å². The van der Waals surface area contributed by atoms with Gasteiger partial charge in [0.25, 0.3) is 0 Å². The molecule has 2 atom stereocenters. The number of rotatable bonds is 10. The first kappa shape index (κ1) is 24.1. The zero-order valence-electron chi connectivity index (χ0n) is 18.4. The first-order valence-corrected chi connectivity index (χ1v) is 10.9. The van der Waals surface area contributed by atoms with Gasteiger partial charge in [-0.2, -0.15) is 0 Å². The molecule has 0 saturated heterocycles. The molecule has 8 heteroatoms. The molecule has 8 nitrogen and oxygen atoms in total. The quantitative estimate of drug-likeness (QED) is 0.454. The lowest BCUT2D eigenvalue weighted by Gasteiger charge is -2.32. The van der Waals surface area contributed by atoms with Crippen LogP contribution in [0.1, 0.15) is 51.5 Å². The number of likely N-dealkylation sites (N-methyl/N-ethyl adjacent to an activating group) is 1. The minimum atomic E-state index is -0.624. The van der Waals surface area contributed by atoms with E-state index >= 15 is 0 Å². The third kappa shape index (κ3) is 6.95. The van der Waals surface area contributed by atoms with Crippen molar-refractivity contribution < 1.29 is 14.7 Å². The number of aliphatic hydroxyl groups excluding tert-OH is 1. The molecule has 1 aromatic heterocycles. The topological polar surface area (TPSA) is 121 Å². The number of amides is 2. The van der Waals surface area contributed by atoms with Crippen molar-refractivity contribution in [1.82, 2.24) is 20.5 Å². The molecule has 30 heavy (non-hydrogen) atoms. The number of aromatic nitrogens is 1. The zero-order valence-corrected chi connectivity index (χ0v) is 18.4. The molecule has 1 saturated carbocycles. The summed E-state index contributed by atoms with van der Waals surface area (Å²) in [5, 5.41) is 15.6. The highest BCUT2D eigenvalue weighted by atomic mass is 16.3. The maximum absolute atomic E-state index is 13.0. The van der Waals surface area contributed by atoms with Gasteiger partial charge >= 0.3 is 0 Å². The Bertz CT molecular complexity index is 674. The molecule has 0 aromatic carbocycles. The fourth-order valence-corrected chi connectivity index (χ4v) is 3.96. The molecule has 0 aliphatic heterocycles. The second kappa shape index (κ2) is 11.9. The molecule has 0 spiro atoms. The van der Waals surface area contributed by atoms with Gasteiger partial charge in [0.2, 0.25) is 11.8 Å². The normalized spacial score (nSPS) is 17.0. The SMILES string of the molecule is CC(C)N(C)[C@@H](CO)C(=O)NC[C@H](C(=O)NCc1ccc(N)nc1)C1CCCCC1. The van der Waals surface area contributed by atoms with Crippen LogP contribution in [-0.2, 0) is 16.1 Å². The highest BCUT2D eigenvalue weighted by Crippen LogP contribution is 2.30. The van der Waals surface area contributed by atoms with Crippen LogP contribution in [0.2, 0.25) is 0 Å². The maximum Gasteiger partial charge on any atom is 0.239 e. The summed E-state index contributed by atoms with van der Waals surface area (Å²) in [5.74, 6) is 0.0955. The number of hydrogen-bond acceptors (Lipinski definition) is 6. The van der Waals surface area contributed by atoms with Gasteiger partial charge < -0.3 is 21.5 Å². The molecule has 0 bridgehead atoms. The van der Waals surface area contributed by atoms with Gasteiger partial charge in [-0.1, -0.05) is 25.3 Å². The molecule has 0 radical (unpaired) electrons. The molecule has 5 N–H and O–H groups in total. The van der Waals surface area contributed by atoms with Crippen LogP contribution < -0.4 is 16.4 Å². The van der Waals surface area contributed by atoms with Crippen molar-refractivity contribution in [1.29, 1.82) is 0 Å². The summed E-state index contributed by atoms with van der Waals surface area (Å²) >= 11 is 0. The molecule has 2 amide bonds. The Morgan fingerprint density at radius 3 is 2.47 bits per heavy atom. The van der Waals surface area contributed by atoms with Crippen molar-refractivity contribution in [3.8, 4) is 0 Å². The lowest BCUT2D eigenvalue weighted by atomic mass is 9.79. The van der Waals surface area contributed by atoms with Crippen LogP contribution in [0.25, 0.3) is 0 Å². The largest absolute Gasteiger partial charge is 0.394 e. The Morgan fingerprint density at radius 2 is 1.90 bits per heavy atom. The van der Waals surface area contributed by atoms with Gasteiger partial charge in [-0.05, 0) is 51.3 Å². The molecular weight excluding hydrogens is 382 g/mol. The Labute approximate surface area is 179 Å². The minimum Gasteiger partial charge on any atom is -0.394 e. The number of nitrogen functional groups attached to an aromatic ring is 1. The Hall–Kier alpha value is -2.19. The van der Waals surface area contributed by atoms with E-state index in [1.807, 2.05) is 31.9 Å². The fraction of sp³-hybridized carbons (Fsp3) is 0.682. The molecule has 1 aliphatic carbocycles. The van der Waals surface area contributed by atoms with Crippen molar-refractivity contribution in [2.75, 3.05) is 25.9 Å². The standard InChI is InChI=1S/C22H37N5O3/c1-15(2)27(3)19(14-28)22(30)26-13-18(17-7-5-4-6-8-17)21(29)25-12-16-9-10-20(23)24-11-16/h9-11,15,17-19,28H,4-8,12-14H2,1-3H3,(H2,23,24)(H,25,29)(H,26,30)/t18-,19-/m0/s1. The summed E-state index contributed by atoms with van der Waals surface area (Å²) in [6.45, 7) is 4.34. The zero-order chi connectivity index (χ0) is 22.1. The number of anilines is 1. The van der Waals surface area contributed by atoms with E-state index in [0.717, 1.165) is 31.2 Å². The van der Waals surface area contributed by atoms with Gasteiger partial charge in [-0.3, -0.25) is 14.5 Å². The maximum atomic E-state index is 13.0. The van der Waals surface area contributed by atoms with Gasteiger partial charge in [0, 0.05) is 25.3 Å². The summed E-state index contributed by atoms with van der Waals surface area (Å²) in [4.78, 5) is 31.6. The van der Waals surface area contributed by atoms with E-state index in [2.05, 4.69) is 15.6 Å². The van der Waals surface area contributed by atoms with Crippen LogP contribution in [0.5, 0.6) is 0 Å². The summed E-state index contributed by atoms with van der Waals surface area (Å²) in [5.41, 5.74) is 6.49. The summed E-state index contributed by atoms with van der Waals surface area (Å²) in [6.07, 6.45) is 7.05. The van der Waals surface area contributed by atoms with Gasteiger partial charge in [0.15, 0.2) is 0 Å².